The van der Waals surface area contributed by atoms with Crippen molar-refractivity contribution in [3.63, 3.8) is 0 Å². The van der Waals surface area contributed by atoms with Crippen molar-refractivity contribution in [2.75, 3.05) is 44.6 Å². The van der Waals surface area contributed by atoms with Gasteiger partial charge in [-0.3, -0.25) is 9.48 Å². The van der Waals surface area contributed by atoms with Gasteiger partial charge in [0.1, 0.15) is 6.54 Å². The molecule has 2 aromatic heterocycles. The number of nitrogens with one attached hydrogen (secondary N) is 3. The summed E-state index contributed by atoms with van der Waals surface area (Å²) < 4.78 is 95.5. The number of carbonyl (C=O) groups is 2. The summed E-state index contributed by atoms with van der Waals surface area (Å²) in [5, 5.41) is 21.3. The van der Waals surface area contributed by atoms with Crippen LogP contribution in [0.5, 0.6) is 0 Å². The third-order valence-electron chi connectivity index (χ3n) is 7.59. The van der Waals surface area contributed by atoms with Crippen molar-refractivity contribution in [1.82, 2.24) is 39.2 Å². The number of hydrogen-bond donors (Lipinski definition) is 4. The van der Waals surface area contributed by atoms with Crippen LogP contribution in [0.15, 0.2) is 41.6 Å². The molecule has 2 saturated heterocycles. The van der Waals surface area contributed by atoms with Crippen molar-refractivity contribution < 1.29 is 45.1 Å². The van der Waals surface area contributed by atoms with Crippen LogP contribution in [0.4, 0.5) is 32.4 Å². The van der Waals surface area contributed by atoms with Crippen LogP contribution in [-0.4, -0.2) is 112 Å². The molecule has 5 rings (SSSR count). The lowest BCUT2D eigenvalue weighted by Crippen LogP contribution is -2.55. The Morgan fingerprint density at radius 2 is 1.78 bits per heavy atom. The lowest BCUT2D eigenvalue weighted by molar-refractivity contribution is -0.141. The molecular formula is C26H30F5N9O5S. The highest BCUT2D eigenvalue weighted by Crippen LogP contribution is 2.36. The van der Waals surface area contributed by atoms with Gasteiger partial charge in [0.05, 0.1) is 34.5 Å². The monoisotopic (exact) mass is 675 g/mol. The first-order valence-electron chi connectivity index (χ1n) is 14.0. The van der Waals surface area contributed by atoms with E-state index in [-0.39, 0.29) is 48.3 Å². The lowest BCUT2D eigenvalue weighted by atomic mass is 10.2. The molecule has 0 aliphatic carbocycles. The standard InChI is InChI=1S/C26H30F5N9O5S/c1-37-19(17-13-39(14-21(27)28)36-22(17)26(29,30)31)11-33-23(37)24(42)34-15-2-4-16(5-3-15)46(44,45)40-8-6-38(7-9-40)25(43)35-18-10-32-12-20(18)41/h2-5,11,13,18,20-21,32,41H,6-10,12,14H2,1H3,(H,34,42)(H,35,43). The normalized spacial score (nSPS) is 19.5. The second-order valence-corrected chi connectivity index (χ2v) is 12.6. The molecule has 0 radical (unpaired) electrons. The second kappa shape index (κ2) is 12.9. The SMILES string of the molecule is Cn1c(-c2cn(CC(F)F)nc2C(F)(F)F)cnc1C(=O)Nc1ccc(S(=O)(=O)N2CCN(C(=O)NC3CNCC3O)CC2)cc1. The Morgan fingerprint density at radius 3 is 2.37 bits per heavy atom. The van der Waals surface area contributed by atoms with E-state index < -0.39 is 64.5 Å². The first-order valence-corrected chi connectivity index (χ1v) is 15.4. The Morgan fingerprint density at radius 1 is 1.11 bits per heavy atom. The van der Waals surface area contributed by atoms with E-state index in [1.807, 2.05) is 0 Å². The number of nitrogens with zero attached hydrogens (tertiary/aromatic N) is 6. The number of sulfonamides is 1. The number of alkyl halides is 5. The summed E-state index contributed by atoms with van der Waals surface area (Å²) in [5.74, 6) is -1.13. The maximum Gasteiger partial charge on any atom is 0.435 e. The van der Waals surface area contributed by atoms with Gasteiger partial charge in [0.25, 0.3) is 12.3 Å². The molecule has 2 atom stereocenters. The van der Waals surface area contributed by atoms with E-state index in [0.717, 1.165) is 17.0 Å². The molecule has 46 heavy (non-hydrogen) atoms. The van der Waals surface area contributed by atoms with Crippen LogP contribution >= 0.6 is 0 Å². The highest BCUT2D eigenvalue weighted by atomic mass is 32.2. The number of urea groups is 1. The number of halogens is 5. The zero-order chi connectivity index (χ0) is 33.4. The Hall–Kier alpha value is -4.14. The van der Waals surface area contributed by atoms with Gasteiger partial charge < -0.3 is 30.5 Å². The maximum atomic E-state index is 13.6. The van der Waals surface area contributed by atoms with E-state index >= 15 is 0 Å². The minimum absolute atomic E-state index is 0.0400. The van der Waals surface area contributed by atoms with Gasteiger partial charge in [-0.2, -0.15) is 22.6 Å². The Bertz CT molecular complexity index is 1690. The summed E-state index contributed by atoms with van der Waals surface area (Å²) in [5.41, 5.74) is -1.97. The highest BCUT2D eigenvalue weighted by molar-refractivity contribution is 7.89. The van der Waals surface area contributed by atoms with E-state index in [9.17, 15) is 45.1 Å². The van der Waals surface area contributed by atoms with Crippen molar-refractivity contribution in [2.45, 2.75) is 36.2 Å². The van der Waals surface area contributed by atoms with E-state index in [1.54, 1.807) is 0 Å². The summed E-state index contributed by atoms with van der Waals surface area (Å²) in [6, 6.07) is 4.38. The van der Waals surface area contributed by atoms with Gasteiger partial charge in [-0.25, -0.2) is 27.0 Å². The number of piperazine rings is 1. The fraction of sp³-hybridized carbons (Fsp3) is 0.462. The third-order valence-corrected chi connectivity index (χ3v) is 9.50. The molecule has 4 N–H and O–H groups in total. The van der Waals surface area contributed by atoms with Gasteiger partial charge in [-0.05, 0) is 24.3 Å². The minimum atomic E-state index is -4.96. The van der Waals surface area contributed by atoms with Gasteiger partial charge in [-0.15, -0.1) is 0 Å². The molecule has 1 aromatic carbocycles. The van der Waals surface area contributed by atoms with Crippen LogP contribution in [0.1, 0.15) is 16.3 Å². The Kier molecular flexibility index (Phi) is 9.34. The molecular weight excluding hydrogens is 645 g/mol. The molecule has 0 saturated carbocycles. The number of aliphatic hydroxyl groups is 1. The van der Waals surface area contributed by atoms with Gasteiger partial charge in [0.2, 0.25) is 10.0 Å². The first kappa shape index (κ1) is 33.2. The summed E-state index contributed by atoms with van der Waals surface area (Å²) in [4.78, 5) is 30.8. The fourth-order valence-electron chi connectivity index (χ4n) is 5.16. The number of aromatic nitrogens is 4. The molecule has 250 valence electrons. The fourth-order valence-corrected chi connectivity index (χ4v) is 6.59. The molecule has 4 heterocycles. The molecule has 2 unspecified atom stereocenters. The second-order valence-electron chi connectivity index (χ2n) is 10.7. The van der Waals surface area contributed by atoms with Crippen molar-refractivity contribution in [2.24, 2.45) is 7.05 Å². The Labute approximate surface area is 259 Å². The van der Waals surface area contributed by atoms with E-state index in [2.05, 4.69) is 26.0 Å². The third kappa shape index (κ3) is 6.98. The van der Waals surface area contributed by atoms with Crippen molar-refractivity contribution in [3.05, 3.63) is 48.2 Å². The number of benzene rings is 1. The van der Waals surface area contributed by atoms with Crippen molar-refractivity contribution >= 4 is 27.6 Å². The highest BCUT2D eigenvalue weighted by Gasteiger charge is 2.39. The molecule has 0 spiro atoms. The zero-order valence-corrected chi connectivity index (χ0v) is 25.0. The predicted molar refractivity (Wildman–Crippen MR) is 151 cm³/mol. The van der Waals surface area contributed by atoms with Crippen LogP contribution < -0.4 is 16.0 Å². The van der Waals surface area contributed by atoms with Crippen molar-refractivity contribution in [1.29, 1.82) is 0 Å². The predicted octanol–water partition coefficient (Wildman–Crippen LogP) is 1.17. The summed E-state index contributed by atoms with van der Waals surface area (Å²) in [6.07, 6.45) is -6.81. The van der Waals surface area contributed by atoms with E-state index in [0.29, 0.717) is 17.8 Å². The van der Waals surface area contributed by atoms with Crippen LogP contribution in [0.2, 0.25) is 0 Å². The Balaban J connectivity index is 1.22. The largest absolute Gasteiger partial charge is 0.435 e. The number of rotatable bonds is 8. The van der Waals surface area contributed by atoms with Crippen LogP contribution in [0, 0.1) is 0 Å². The average molecular weight is 676 g/mol. The minimum Gasteiger partial charge on any atom is -0.390 e. The summed E-state index contributed by atoms with van der Waals surface area (Å²) in [6.45, 7) is 0.0997. The molecule has 2 aliphatic rings. The zero-order valence-electron chi connectivity index (χ0n) is 24.2. The smallest absolute Gasteiger partial charge is 0.390 e. The number of hydrogen-bond acceptors (Lipinski definition) is 8. The van der Waals surface area contributed by atoms with Crippen LogP contribution in [0.3, 0.4) is 0 Å². The number of amides is 3. The van der Waals surface area contributed by atoms with Crippen LogP contribution in [0.25, 0.3) is 11.3 Å². The number of imidazole rings is 1. The number of anilines is 1. The van der Waals surface area contributed by atoms with E-state index in [1.165, 1.54) is 40.5 Å². The maximum absolute atomic E-state index is 13.6. The lowest BCUT2D eigenvalue weighted by Gasteiger charge is -2.34. The average Bonchev–Trinajstić information content (AvgIpc) is 3.71. The van der Waals surface area contributed by atoms with Gasteiger partial charge in [0, 0.05) is 58.2 Å². The topological polar surface area (TPSA) is 167 Å². The molecule has 3 amide bonds. The van der Waals surface area contributed by atoms with Gasteiger partial charge >= 0.3 is 12.2 Å². The molecule has 3 aromatic rings. The number of carbonyl (C=O) groups excluding carboxylic acids is 2. The molecule has 2 fully saturated rings. The van der Waals surface area contributed by atoms with Gasteiger partial charge in [0.15, 0.2) is 11.5 Å². The molecule has 0 bridgehead atoms. The molecule has 20 heteroatoms. The first-order chi connectivity index (χ1) is 21.6. The number of β-amino-alcohol motifs (C(OH)–C–C–N with tert-alkyl or cyclic N) is 1. The van der Waals surface area contributed by atoms with Gasteiger partial charge in [-0.1, -0.05) is 0 Å². The van der Waals surface area contributed by atoms with Crippen LogP contribution in [-0.2, 0) is 29.8 Å². The summed E-state index contributed by atoms with van der Waals surface area (Å²) in [7, 11) is -2.67. The number of aliphatic hydroxyl groups excluding tert-OH is 1. The quantitative estimate of drug-likeness (QED) is 0.258. The molecule has 14 nitrogen and oxygen atoms in total. The summed E-state index contributed by atoms with van der Waals surface area (Å²) >= 11 is 0. The van der Waals surface area contributed by atoms with E-state index in [4.69, 9.17) is 0 Å². The molecule has 2 aliphatic heterocycles. The van der Waals surface area contributed by atoms with Crippen molar-refractivity contribution in [3.8, 4) is 11.3 Å².